The maximum absolute atomic E-state index is 9.71. The minimum Gasteiger partial charge on any atom is -0.393 e. The first kappa shape index (κ1) is 13.3. The summed E-state index contributed by atoms with van der Waals surface area (Å²) in [6, 6.07) is 0. The molecule has 0 aromatic heterocycles. The molecule has 1 saturated carbocycles. The highest BCUT2D eigenvalue weighted by Gasteiger charge is 2.24. The molecule has 0 radical (unpaired) electrons. The molecule has 2 fully saturated rings. The maximum Gasteiger partial charge on any atom is 0.0580 e. The Labute approximate surface area is 105 Å². The molecule has 0 aromatic carbocycles. The van der Waals surface area contributed by atoms with Gasteiger partial charge < -0.3 is 15.3 Å². The number of hydrogen-bond acceptors (Lipinski definition) is 4. The summed E-state index contributed by atoms with van der Waals surface area (Å²) in [5.74, 6) is 0.502. The highest BCUT2D eigenvalue weighted by atomic mass is 16.3. The molecule has 4 heteroatoms. The molecule has 1 heterocycles. The summed E-state index contributed by atoms with van der Waals surface area (Å²) in [5, 5.41) is 13.2. The summed E-state index contributed by atoms with van der Waals surface area (Å²) in [4.78, 5) is 4.91. The van der Waals surface area contributed by atoms with E-state index in [0.717, 1.165) is 26.1 Å². The predicted octanol–water partition coefficient (Wildman–Crippen LogP) is -0.0156. The van der Waals surface area contributed by atoms with Crippen molar-refractivity contribution in [1.82, 2.24) is 15.1 Å². The summed E-state index contributed by atoms with van der Waals surface area (Å²) >= 11 is 0. The average molecular weight is 241 g/mol. The van der Waals surface area contributed by atoms with Crippen molar-refractivity contribution in [2.45, 2.75) is 25.4 Å². The van der Waals surface area contributed by atoms with E-state index < -0.39 is 0 Å². The number of nitrogens with one attached hydrogen (secondary N) is 1. The van der Waals surface area contributed by atoms with Gasteiger partial charge in [-0.25, -0.2) is 0 Å². The third-order valence-corrected chi connectivity index (χ3v) is 4.23. The molecule has 2 unspecified atom stereocenters. The second-order valence-electron chi connectivity index (χ2n) is 5.61. The molecule has 4 nitrogen and oxygen atoms in total. The van der Waals surface area contributed by atoms with Gasteiger partial charge in [-0.15, -0.1) is 0 Å². The summed E-state index contributed by atoms with van der Waals surface area (Å²) in [5.41, 5.74) is 0. The lowest BCUT2D eigenvalue weighted by atomic mass is 10.1. The van der Waals surface area contributed by atoms with Gasteiger partial charge in [0.25, 0.3) is 0 Å². The largest absolute Gasteiger partial charge is 0.393 e. The second-order valence-corrected chi connectivity index (χ2v) is 5.61. The Balaban J connectivity index is 1.51. The van der Waals surface area contributed by atoms with Crippen molar-refractivity contribution in [3.8, 4) is 0 Å². The zero-order valence-electron chi connectivity index (χ0n) is 11.1. The van der Waals surface area contributed by atoms with Gasteiger partial charge in [-0.2, -0.15) is 0 Å². The molecule has 100 valence electrons. The molecule has 0 amide bonds. The molecule has 17 heavy (non-hydrogen) atoms. The minimum atomic E-state index is -0.0499. The van der Waals surface area contributed by atoms with E-state index in [2.05, 4.69) is 22.2 Å². The van der Waals surface area contributed by atoms with E-state index in [4.69, 9.17) is 0 Å². The Hall–Kier alpha value is -0.160. The van der Waals surface area contributed by atoms with Crippen LogP contribution in [0.25, 0.3) is 0 Å². The molecule has 2 aliphatic rings. The lowest BCUT2D eigenvalue weighted by Crippen LogP contribution is -2.46. The van der Waals surface area contributed by atoms with Gasteiger partial charge in [-0.05, 0) is 25.8 Å². The van der Waals surface area contributed by atoms with Crippen LogP contribution in [0.15, 0.2) is 0 Å². The Morgan fingerprint density at radius 1 is 1.18 bits per heavy atom. The van der Waals surface area contributed by atoms with Crippen LogP contribution in [0.2, 0.25) is 0 Å². The van der Waals surface area contributed by atoms with Gasteiger partial charge in [0.1, 0.15) is 0 Å². The Kier molecular flexibility index (Phi) is 5.22. The summed E-state index contributed by atoms with van der Waals surface area (Å²) in [6.45, 7) is 8.00. The van der Waals surface area contributed by atoms with Crippen LogP contribution in [0.1, 0.15) is 19.3 Å². The first-order chi connectivity index (χ1) is 8.25. The maximum atomic E-state index is 9.71. The predicted molar refractivity (Wildman–Crippen MR) is 70.2 cm³/mol. The quantitative estimate of drug-likeness (QED) is 0.664. The molecule has 1 aliphatic heterocycles. The van der Waals surface area contributed by atoms with Crippen molar-refractivity contribution in [1.29, 1.82) is 0 Å². The van der Waals surface area contributed by atoms with E-state index in [9.17, 15) is 5.11 Å². The van der Waals surface area contributed by atoms with Gasteiger partial charge in [0.2, 0.25) is 0 Å². The van der Waals surface area contributed by atoms with Gasteiger partial charge in [-0.3, -0.25) is 4.90 Å². The molecule has 0 bridgehead atoms. The van der Waals surface area contributed by atoms with E-state index in [-0.39, 0.29) is 6.10 Å². The van der Waals surface area contributed by atoms with Crippen LogP contribution in [-0.2, 0) is 0 Å². The molecular weight excluding hydrogens is 214 g/mol. The molecule has 2 rings (SSSR count). The third kappa shape index (κ3) is 4.21. The van der Waals surface area contributed by atoms with Crippen LogP contribution < -0.4 is 5.32 Å². The Bertz CT molecular complexity index is 217. The molecule has 2 N–H and O–H groups in total. The van der Waals surface area contributed by atoms with Crippen LogP contribution >= 0.6 is 0 Å². The number of aliphatic hydroxyl groups excluding tert-OH is 1. The van der Waals surface area contributed by atoms with Crippen LogP contribution in [0.5, 0.6) is 0 Å². The first-order valence-corrected chi connectivity index (χ1v) is 7.05. The van der Waals surface area contributed by atoms with Crippen LogP contribution in [0, 0.1) is 5.92 Å². The van der Waals surface area contributed by atoms with E-state index in [1.54, 1.807) is 0 Å². The van der Waals surface area contributed by atoms with E-state index in [1.165, 1.54) is 39.0 Å². The van der Waals surface area contributed by atoms with Gasteiger partial charge in [0.05, 0.1) is 6.10 Å². The number of aliphatic hydroxyl groups is 1. The van der Waals surface area contributed by atoms with Gasteiger partial charge in [0.15, 0.2) is 0 Å². The Morgan fingerprint density at radius 2 is 1.94 bits per heavy atom. The van der Waals surface area contributed by atoms with Gasteiger partial charge in [0, 0.05) is 45.8 Å². The fraction of sp³-hybridized carbons (Fsp3) is 1.00. The zero-order valence-corrected chi connectivity index (χ0v) is 11.1. The lowest BCUT2D eigenvalue weighted by molar-refractivity contribution is 0.128. The smallest absolute Gasteiger partial charge is 0.0580 e. The van der Waals surface area contributed by atoms with Crippen molar-refractivity contribution in [3.63, 3.8) is 0 Å². The lowest BCUT2D eigenvalue weighted by Gasteiger charge is -2.32. The number of hydrogen-bond donors (Lipinski definition) is 2. The van der Waals surface area contributed by atoms with Crippen molar-refractivity contribution >= 4 is 0 Å². The number of likely N-dealkylation sites (N-methyl/N-ethyl adjacent to an activating group) is 1. The number of piperazine rings is 1. The Morgan fingerprint density at radius 3 is 2.59 bits per heavy atom. The minimum absolute atomic E-state index is 0.0499. The fourth-order valence-electron chi connectivity index (χ4n) is 2.85. The monoisotopic (exact) mass is 241 g/mol. The highest BCUT2D eigenvalue weighted by Crippen LogP contribution is 2.24. The first-order valence-electron chi connectivity index (χ1n) is 7.05. The van der Waals surface area contributed by atoms with Crippen LogP contribution in [0.3, 0.4) is 0 Å². The third-order valence-electron chi connectivity index (χ3n) is 4.23. The molecule has 0 spiro atoms. The van der Waals surface area contributed by atoms with Crippen molar-refractivity contribution in [2.75, 3.05) is 52.9 Å². The topological polar surface area (TPSA) is 38.7 Å². The van der Waals surface area contributed by atoms with Crippen molar-refractivity contribution in [2.24, 2.45) is 5.92 Å². The SMILES string of the molecule is CN1CCN(CCNCC2CCCC2O)CC1. The molecule has 1 aliphatic carbocycles. The second kappa shape index (κ2) is 6.69. The number of rotatable bonds is 5. The average Bonchev–Trinajstić information content (AvgIpc) is 2.73. The molecule has 0 aromatic rings. The van der Waals surface area contributed by atoms with Gasteiger partial charge >= 0.3 is 0 Å². The highest BCUT2D eigenvalue weighted by molar-refractivity contribution is 4.78. The molecule has 2 atom stereocenters. The number of nitrogens with zero attached hydrogens (tertiary/aromatic N) is 2. The van der Waals surface area contributed by atoms with Crippen LogP contribution in [-0.4, -0.2) is 73.9 Å². The molecule has 1 saturated heterocycles. The van der Waals surface area contributed by atoms with E-state index in [1.807, 2.05) is 0 Å². The van der Waals surface area contributed by atoms with E-state index >= 15 is 0 Å². The van der Waals surface area contributed by atoms with Gasteiger partial charge in [-0.1, -0.05) is 6.42 Å². The zero-order chi connectivity index (χ0) is 12.1. The summed E-state index contributed by atoms with van der Waals surface area (Å²) < 4.78 is 0. The molecular formula is C13H27N3O. The van der Waals surface area contributed by atoms with Crippen LogP contribution in [0.4, 0.5) is 0 Å². The van der Waals surface area contributed by atoms with E-state index in [0.29, 0.717) is 5.92 Å². The summed E-state index contributed by atoms with van der Waals surface area (Å²) in [7, 11) is 2.19. The van der Waals surface area contributed by atoms with Crippen molar-refractivity contribution in [3.05, 3.63) is 0 Å². The standard InChI is InChI=1S/C13H27N3O/c1-15-7-9-16(10-8-15)6-5-14-11-12-3-2-4-13(12)17/h12-14,17H,2-11H2,1H3. The summed E-state index contributed by atoms with van der Waals surface area (Å²) in [6.07, 6.45) is 3.35. The fourth-order valence-corrected chi connectivity index (χ4v) is 2.85. The van der Waals surface area contributed by atoms with Crippen molar-refractivity contribution < 1.29 is 5.11 Å². The normalized spacial score (nSPS) is 32.1.